The summed E-state index contributed by atoms with van der Waals surface area (Å²) >= 11 is 9.82. The van der Waals surface area contributed by atoms with Crippen LogP contribution < -0.4 is 5.32 Å². The van der Waals surface area contributed by atoms with E-state index in [0.717, 1.165) is 34.1 Å². The minimum Gasteiger partial charge on any atom is -0.467 e. The highest BCUT2D eigenvalue weighted by Gasteiger charge is 2.51. The molecule has 0 atom stereocenters. The monoisotopic (exact) mass is 463 g/mol. The van der Waals surface area contributed by atoms with Gasteiger partial charge in [0, 0.05) is 20.6 Å². The molecular formula is C22H20BrClFNO2. The zero-order valence-electron chi connectivity index (χ0n) is 15.4. The maximum Gasteiger partial charge on any atom is 0.331 e. The van der Waals surface area contributed by atoms with Crippen LogP contribution in [-0.4, -0.2) is 18.6 Å². The Morgan fingerprint density at radius 3 is 2.61 bits per heavy atom. The Morgan fingerprint density at radius 1 is 1.18 bits per heavy atom. The molecule has 1 fully saturated rings. The number of nitrogens with one attached hydrogen (secondary N) is 1. The van der Waals surface area contributed by atoms with E-state index in [2.05, 4.69) is 21.2 Å². The van der Waals surface area contributed by atoms with E-state index >= 15 is 0 Å². The number of esters is 1. The van der Waals surface area contributed by atoms with Gasteiger partial charge in [-0.3, -0.25) is 0 Å². The summed E-state index contributed by atoms with van der Waals surface area (Å²) in [5, 5.41) is 3.99. The predicted octanol–water partition coefficient (Wildman–Crippen LogP) is 6.06. The third-order valence-electron chi connectivity index (χ3n) is 6.01. The lowest BCUT2D eigenvalue weighted by atomic mass is 9.65. The number of fused-ring (bicyclic) bond motifs is 2. The smallest absolute Gasteiger partial charge is 0.331 e. The van der Waals surface area contributed by atoms with Crippen LogP contribution in [0.4, 0.5) is 10.1 Å². The molecule has 0 aliphatic heterocycles. The molecule has 1 saturated carbocycles. The standard InChI is InChI=1S/C22H20BrClFNO2/c1-28-20(27)22(26-17-4-2-3-15(24)13-17)9-7-21(8-10-22)18-6-5-16(25)11-14(18)12-19(21)23/h2-6,11-13,26H,7-10H2,1H3. The molecule has 0 aromatic heterocycles. The molecule has 2 aliphatic rings. The van der Waals surface area contributed by atoms with Gasteiger partial charge < -0.3 is 10.1 Å². The van der Waals surface area contributed by atoms with E-state index in [1.807, 2.05) is 24.3 Å². The van der Waals surface area contributed by atoms with Crippen LogP contribution in [0.25, 0.3) is 6.08 Å². The first-order valence-corrected chi connectivity index (χ1v) is 10.4. The lowest BCUT2D eigenvalue weighted by Gasteiger charge is -2.45. The van der Waals surface area contributed by atoms with Gasteiger partial charge in [0.25, 0.3) is 0 Å². The maximum atomic E-state index is 13.7. The number of hydrogen-bond donors (Lipinski definition) is 1. The van der Waals surface area contributed by atoms with Gasteiger partial charge in [-0.05, 0) is 73.2 Å². The molecule has 1 N–H and O–H groups in total. The summed E-state index contributed by atoms with van der Waals surface area (Å²) in [5.41, 5.74) is 1.76. The highest BCUT2D eigenvalue weighted by atomic mass is 79.9. The van der Waals surface area contributed by atoms with Crippen molar-refractivity contribution in [1.29, 1.82) is 0 Å². The van der Waals surface area contributed by atoms with Crippen molar-refractivity contribution in [2.45, 2.75) is 36.6 Å². The van der Waals surface area contributed by atoms with E-state index in [9.17, 15) is 9.18 Å². The van der Waals surface area contributed by atoms with Crippen LogP contribution in [0, 0.1) is 5.82 Å². The minimum atomic E-state index is -0.819. The summed E-state index contributed by atoms with van der Waals surface area (Å²) < 4.78 is 19.9. The molecule has 3 nitrogen and oxygen atoms in total. The summed E-state index contributed by atoms with van der Waals surface area (Å²) in [5.74, 6) is -0.519. The average Bonchev–Trinajstić information content (AvgIpc) is 2.94. The summed E-state index contributed by atoms with van der Waals surface area (Å²) in [4.78, 5) is 12.8. The van der Waals surface area contributed by atoms with Crippen LogP contribution in [0.15, 0.2) is 46.9 Å². The van der Waals surface area contributed by atoms with Gasteiger partial charge >= 0.3 is 5.97 Å². The van der Waals surface area contributed by atoms with Crippen molar-refractivity contribution in [3.05, 3.63) is 68.9 Å². The fourth-order valence-corrected chi connectivity index (χ4v) is 5.57. The second kappa shape index (κ2) is 7.20. The Kier molecular flexibility index (Phi) is 5.00. The number of anilines is 1. The first-order chi connectivity index (χ1) is 13.4. The van der Waals surface area contributed by atoms with E-state index in [1.54, 1.807) is 18.2 Å². The zero-order chi connectivity index (χ0) is 19.9. The summed E-state index contributed by atoms with van der Waals surface area (Å²) in [6, 6.07) is 12.3. The van der Waals surface area contributed by atoms with Gasteiger partial charge in [-0.25, -0.2) is 9.18 Å². The fourth-order valence-electron chi connectivity index (χ4n) is 4.52. The molecule has 0 radical (unpaired) electrons. The highest BCUT2D eigenvalue weighted by Crippen LogP contribution is 2.55. The number of rotatable bonds is 3. The Balaban J connectivity index is 1.65. The topological polar surface area (TPSA) is 38.3 Å². The van der Waals surface area contributed by atoms with Gasteiger partial charge in [-0.2, -0.15) is 0 Å². The van der Waals surface area contributed by atoms with Crippen molar-refractivity contribution < 1.29 is 13.9 Å². The number of benzene rings is 2. The van der Waals surface area contributed by atoms with Gasteiger partial charge in [0.2, 0.25) is 0 Å². The van der Waals surface area contributed by atoms with Crippen LogP contribution in [0.1, 0.15) is 36.8 Å². The zero-order valence-corrected chi connectivity index (χ0v) is 17.7. The second-order valence-corrected chi connectivity index (χ2v) is 8.81. The lowest BCUT2D eigenvalue weighted by molar-refractivity contribution is -0.147. The van der Waals surface area contributed by atoms with Crippen LogP contribution in [0.5, 0.6) is 0 Å². The number of halogens is 3. The van der Waals surface area contributed by atoms with E-state index in [-0.39, 0.29) is 17.2 Å². The van der Waals surface area contributed by atoms with Gasteiger partial charge in [0.1, 0.15) is 11.4 Å². The van der Waals surface area contributed by atoms with Crippen LogP contribution >= 0.6 is 27.5 Å². The SMILES string of the molecule is COC(=O)C1(Nc2cccc(Cl)c2)CCC2(CC1)C(Br)=Cc1cc(F)ccc12. The third kappa shape index (κ3) is 3.15. The number of allylic oxidation sites excluding steroid dienone is 1. The number of ether oxygens (including phenoxy) is 1. The lowest BCUT2D eigenvalue weighted by Crippen LogP contribution is -2.52. The number of hydrogen-bond acceptors (Lipinski definition) is 3. The van der Waals surface area contributed by atoms with Crippen LogP contribution in [0.3, 0.4) is 0 Å². The number of carbonyl (C=O) groups excluding carboxylic acids is 1. The number of carbonyl (C=O) groups is 1. The molecule has 0 heterocycles. The molecule has 0 amide bonds. The molecule has 0 saturated heterocycles. The first-order valence-electron chi connectivity index (χ1n) is 9.18. The predicted molar refractivity (Wildman–Crippen MR) is 113 cm³/mol. The third-order valence-corrected chi connectivity index (χ3v) is 7.23. The maximum absolute atomic E-state index is 13.7. The molecular weight excluding hydrogens is 445 g/mol. The molecule has 2 aromatic carbocycles. The molecule has 2 aromatic rings. The van der Waals surface area contributed by atoms with Crippen LogP contribution in [-0.2, 0) is 14.9 Å². The molecule has 1 spiro atoms. The van der Waals surface area contributed by atoms with E-state index in [1.165, 1.54) is 13.2 Å². The molecule has 0 unspecified atom stereocenters. The van der Waals surface area contributed by atoms with Crippen molar-refractivity contribution in [3.8, 4) is 0 Å². The Hall–Kier alpha value is -1.85. The van der Waals surface area contributed by atoms with E-state index in [0.29, 0.717) is 17.9 Å². The van der Waals surface area contributed by atoms with E-state index in [4.69, 9.17) is 16.3 Å². The molecule has 0 bridgehead atoms. The van der Waals surface area contributed by atoms with Gasteiger partial charge in [-0.1, -0.05) is 39.7 Å². The molecule has 146 valence electrons. The average molecular weight is 465 g/mol. The van der Waals surface area contributed by atoms with Crippen molar-refractivity contribution in [3.63, 3.8) is 0 Å². The molecule has 2 aliphatic carbocycles. The van der Waals surface area contributed by atoms with E-state index < -0.39 is 5.54 Å². The summed E-state index contributed by atoms with van der Waals surface area (Å²) in [7, 11) is 1.41. The normalized spacial score (nSPS) is 25.9. The summed E-state index contributed by atoms with van der Waals surface area (Å²) in [6.07, 6.45) is 4.66. The van der Waals surface area contributed by atoms with Gasteiger partial charge in [-0.15, -0.1) is 0 Å². The summed E-state index contributed by atoms with van der Waals surface area (Å²) in [6.45, 7) is 0. The molecule has 4 rings (SSSR count). The Bertz CT molecular complexity index is 967. The first kappa shape index (κ1) is 19.5. The van der Waals surface area contributed by atoms with Crippen molar-refractivity contribution in [2.75, 3.05) is 12.4 Å². The second-order valence-electron chi connectivity index (χ2n) is 7.51. The fraction of sp³-hybridized carbons (Fsp3) is 0.318. The minimum absolute atomic E-state index is 0.226. The van der Waals surface area contributed by atoms with Gasteiger partial charge in [0.15, 0.2) is 0 Å². The Labute approximate surface area is 177 Å². The van der Waals surface area contributed by atoms with Crippen molar-refractivity contribution >= 4 is 45.3 Å². The van der Waals surface area contributed by atoms with Gasteiger partial charge in [0.05, 0.1) is 7.11 Å². The highest BCUT2D eigenvalue weighted by molar-refractivity contribution is 9.11. The van der Waals surface area contributed by atoms with Crippen molar-refractivity contribution in [2.24, 2.45) is 0 Å². The Morgan fingerprint density at radius 2 is 1.93 bits per heavy atom. The molecule has 28 heavy (non-hydrogen) atoms. The largest absolute Gasteiger partial charge is 0.467 e. The van der Waals surface area contributed by atoms with Crippen LogP contribution in [0.2, 0.25) is 5.02 Å². The molecule has 6 heteroatoms. The quantitative estimate of drug-likeness (QED) is 0.561. The van der Waals surface area contributed by atoms with Crippen molar-refractivity contribution in [1.82, 2.24) is 0 Å². The number of methoxy groups -OCH3 is 1.